The van der Waals surface area contributed by atoms with Crippen molar-refractivity contribution in [2.24, 2.45) is 4.99 Å². The summed E-state index contributed by atoms with van der Waals surface area (Å²) < 4.78 is 5.27. The normalized spacial score (nSPS) is 15.8. The number of hydrogen-bond donors (Lipinski definition) is 2. The predicted molar refractivity (Wildman–Crippen MR) is 117 cm³/mol. The molecular weight excluding hydrogens is 398 g/mol. The van der Waals surface area contributed by atoms with Gasteiger partial charge >= 0.3 is 11.9 Å². The van der Waals surface area contributed by atoms with Crippen molar-refractivity contribution in [3.63, 3.8) is 0 Å². The van der Waals surface area contributed by atoms with Crippen LogP contribution in [-0.2, 0) is 14.3 Å². The Morgan fingerprint density at radius 1 is 1.13 bits per heavy atom. The molecule has 31 heavy (non-hydrogen) atoms. The summed E-state index contributed by atoms with van der Waals surface area (Å²) in [7, 11) is 3.86. The summed E-state index contributed by atoms with van der Waals surface area (Å²) in [6.45, 7) is 0. The third-order valence-corrected chi connectivity index (χ3v) is 4.61. The summed E-state index contributed by atoms with van der Waals surface area (Å²) in [4.78, 5) is 41.9. The second-order valence-electron chi connectivity index (χ2n) is 7.17. The highest BCUT2D eigenvalue weighted by Crippen LogP contribution is 2.19. The molecule has 0 fully saturated rings. The number of aliphatic carboxylic acids is 1. The second-order valence-corrected chi connectivity index (χ2v) is 7.17. The van der Waals surface area contributed by atoms with E-state index >= 15 is 0 Å². The van der Waals surface area contributed by atoms with E-state index in [0.29, 0.717) is 5.56 Å². The lowest BCUT2D eigenvalue weighted by atomic mass is 10.1. The lowest BCUT2D eigenvalue weighted by Crippen LogP contribution is -2.28. The molecule has 1 aliphatic rings. The summed E-state index contributed by atoms with van der Waals surface area (Å²) in [5, 5.41) is 11.6. The SMILES string of the molecule is CN(C)c1ccc(/C=C(\NC(=O)c2ccccc2)C2=NC(CCC(=O)O)C(=O)O2)cc1. The molecule has 1 unspecified atom stereocenters. The first-order valence-electron chi connectivity index (χ1n) is 9.70. The van der Waals surface area contributed by atoms with Gasteiger partial charge in [0.05, 0.1) is 0 Å². The summed E-state index contributed by atoms with van der Waals surface area (Å²) >= 11 is 0. The molecule has 0 saturated carbocycles. The number of nitrogens with zero attached hydrogens (tertiary/aromatic N) is 2. The van der Waals surface area contributed by atoms with Crippen LogP contribution in [0, 0.1) is 0 Å². The molecule has 8 heteroatoms. The van der Waals surface area contributed by atoms with E-state index in [9.17, 15) is 14.4 Å². The zero-order valence-corrected chi connectivity index (χ0v) is 17.2. The Morgan fingerprint density at radius 2 is 1.81 bits per heavy atom. The number of benzene rings is 2. The molecule has 2 aromatic rings. The zero-order chi connectivity index (χ0) is 22.4. The molecule has 160 valence electrons. The molecule has 0 spiro atoms. The van der Waals surface area contributed by atoms with Crippen molar-refractivity contribution < 1.29 is 24.2 Å². The molecule has 0 bridgehead atoms. The maximum atomic E-state index is 12.7. The van der Waals surface area contributed by atoms with Gasteiger partial charge in [-0.25, -0.2) is 9.79 Å². The highest BCUT2D eigenvalue weighted by molar-refractivity contribution is 6.11. The molecule has 1 aliphatic heterocycles. The summed E-state index contributed by atoms with van der Waals surface area (Å²) in [6, 6.07) is 15.3. The van der Waals surface area contributed by atoms with Gasteiger partial charge in [0.2, 0.25) is 5.90 Å². The summed E-state index contributed by atoms with van der Waals surface area (Å²) in [5.74, 6) is -2.09. The molecule has 2 aromatic carbocycles. The van der Waals surface area contributed by atoms with Crippen molar-refractivity contribution in [2.75, 3.05) is 19.0 Å². The predicted octanol–water partition coefficient (Wildman–Crippen LogP) is 2.71. The maximum absolute atomic E-state index is 12.7. The van der Waals surface area contributed by atoms with Crippen molar-refractivity contribution >= 4 is 35.5 Å². The highest BCUT2D eigenvalue weighted by Gasteiger charge is 2.31. The van der Waals surface area contributed by atoms with Gasteiger partial charge in [0.15, 0.2) is 6.04 Å². The fourth-order valence-electron chi connectivity index (χ4n) is 2.92. The summed E-state index contributed by atoms with van der Waals surface area (Å²) in [5.41, 5.74) is 2.42. The number of esters is 1. The Kier molecular flexibility index (Phi) is 6.81. The van der Waals surface area contributed by atoms with E-state index in [0.717, 1.165) is 11.3 Å². The monoisotopic (exact) mass is 421 g/mol. The molecule has 8 nitrogen and oxygen atoms in total. The number of hydrogen-bond acceptors (Lipinski definition) is 6. The highest BCUT2D eigenvalue weighted by atomic mass is 16.6. The van der Waals surface area contributed by atoms with Gasteiger partial charge in [0, 0.05) is 31.8 Å². The smallest absolute Gasteiger partial charge is 0.337 e. The van der Waals surface area contributed by atoms with E-state index in [1.165, 1.54) is 0 Å². The van der Waals surface area contributed by atoms with E-state index in [-0.39, 0.29) is 30.3 Å². The maximum Gasteiger partial charge on any atom is 0.337 e. The molecule has 3 rings (SSSR count). The van der Waals surface area contributed by atoms with Crippen LogP contribution in [0.1, 0.15) is 28.8 Å². The Morgan fingerprint density at radius 3 is 2.42 bits per heavy atom. The zero-order valence-electron chi connectivity index (χ0n) is 17.2. The number of carboxylic acids is 1. The van der Waals surface area contributed by atoms with Gasteiger partial charge in [0.1, 0.15) is 5.70 Å². The number of cyclic esters (lactones) is 1. The van der Waals surface area contributed by atoms with Crippen LogP contribution < -0.4 is 10.2 Å². The van der Waals surface area contributed by atoms with Crippen LogP contribution in [0.2, 0.25) is 0 Å². The van der Waals surface area contributed by atoms with Crippen LogP contribution in [0.4, 0.5) is 5.69 Å². The molecule has 1 amide bonds. The molecule has 0 radical (unpaired) electrons. The van der Waals surface area contributed by atoms with E-state index in [2.05, 4.69) is 10.3 Å². The number of carboxylic acid groups (broad SMARTS) is 1. The summed E-state index contributed by atoms with van der Waals surface area (Å²) in [6.07, 6.45) is 1.47. The largest absolute Gasteiger partial charge is 0.481 e. The van der Waals surface area contributed by atoms with E-state index < -0.39 is 18.0 Å². The van der Waals surface area contributed by atoms with Crippen molar-refractivity contribution in [3.8, 4) is 0 Å². The third kappa shape index (κ3) is 5.79. The van der Waals surface area contributed by atoms with Gasteiger partial charge < -0.3 is 20.1 Å². The molecule has 0 aromatic heterocycles. The number of nitrogens with one attached hydrogen (secondary N) is 1. The van der Waals surface area contributed by atoms with Gasteiger partial charge in [-0.15, -0.1) is 0 Å². The third-order valence-electron chi connectivity index (χ3n) is 4.61. The molecule has 0 aliphatic carbocycles. The van der Waals surface area contributed by atoms with Crippen molar-refractivity contribution in [1.29, 1.82) is 0 Å². The number of carbonyl (C=O) groups excluding carboxylic acids is 2. The van der Waals surface area contributed by atoms with Crippen LogP contribution in [0.5, 0.6) is 0 Å². The first kappa shape index (κ1) is 21.8. The molecule has 2 N–H and O–H groups in total. The first-order chi connectivity index (χ1) is 14.8. The van der Waals surface area contributed by atoms with Gasteiger partial charge in [-0.05, 0) is 42.3 Å². The van der Waals surface area contributed by atoms with Crippen LogP contribution in [0.25, 0.3) is 6.08 Å². The van der Waals surface area contributed by atoms with Crippen molar-refractivity contribution in [2.45, 2.75) is 18.9 Å². The van der Waals surface area contributed by atoms with Gasteiger partial charge in [0.25, 0.3) is 5.91 Å². The number of amides is 1. The minimum Gasteiger partial charge on any atom is -0.481 e. The van der Waals surface area contributed by atoms with E-state index in [1.807, 2.05) is 43.3 Å². The number of rotatable bonds is 8. The average molecular weight is 421 g/mol. The van der Waals surface area contributed by atoms with E-state index in [4.69, 9.17) is 9.84 Å². The minimum atomic E-state index is -1.02. The minimum absolute atomic E-state index is 0.0229. The van der Waals surface area contributed by atoms with Gasteiger partial charge in [-0.2, -0.15) is 0 Å². The van der Waals surface area contributed by atoms with Crippen LogP contribution >= 0.6 is 0 Å². The molecule has 0 saturated heterocycles. The Bertz CT molecular complexity index is 1030. The van der Waals surface area contributed by atoms with Crippen molar-refractivity contribution in [3.05, 3.63) is 71.4 Å². The standard InChI is InChI=1S/C23H23N3O5/c1-26(2)17-10-8-15(9-11-17)14-19(24-21(29)16-6-4-3-5-7-16)22-25-18(23(30)31-22)12-13-20(27)28/h3-11,14,18H,12-13H2,1-2H3,(H,24,29)(H,27,28)/b19-14-. The molecule has 1 heterocycles. The number of carbonyl (C=O) groups is 3. The first-order valence-corrected chi connectivity index (χ1v) is 9.70. The fourth-order valence-corrected chi connectivity index (χ4v) is 2.92. The average Bonchev–Trinajstić information content (AvgIpc) is 3.13. The quantitative estimate of drug-likeness (QED) is 0.635. The Balaban J connectivity index is 1.90. The number of anilines is 1. The second kappa shape index (κ2) is 9.71. The topological polar surface area (TPSA) is 108 Å². The van der Waals surface area contributed by atoms with Crippen LogP contribution in [0.15, 0.2) is 65.3 Å². The molecular formula is C23H23N3O5. The van der Waals surface area contributed by atoms with Gasteiger partial charge in [-0.1, -0.05) is 30.3 Å². The fraction of sp³-hybridized carbons (Fsp3) is 0.217. The van der Waals surface area contributed by atoms with Crippen molar-refractivity contribution in [1.82, 2.24) is 5.32 Å². The van der Waals surface area contributed by atoms with Crippen LogP contribution in [0.3, 0.4) is 0 Å². The number of aliphatic imine (C=N–C) groups is 1. The van der Waals surface area contributed by atoms with E-state index in [1.54, 1.807) is 36.4 Å². The lowest BCUT2D eigenvalue weighted by molar-refractivity contribution is -0.138. The van der Waals surface area contributed by atoms with Gasteiger partial charge in [-0.3, -0.25) is 9.59 Å². The Labute approximate surface area is 179 Å². The molecule has 1 atom stereocenters. The number of ether oxygens (including phenoxy) is 1. The Hall–Kier alpha value is -3.94. The lowest BCUT2D eigenvalue weighted by Gasteiger charge is -2.13. The van der Waals surface area contributed by atoms with Crippen LogP contribution in [-0.4, -0.2) is 49.0 Å².